The summed E-state index contributed by atoms with van der Waals surface area (Å²) >= 11 is 0. The molecule has 1 rings (SSSR count). The lowest BCUT2D eigenvalue weighted by atomic mass is 10.3. The second-order valence-electron chi connectivity index (χ2n) is 2.66. The van der Waals surface area contributed by atoms with E-state index in [0.717, 1.165) is 12.1 Å². The van der Waals surface area contributed by atoms with E-state index in [1.165, 1.54) is 0 Å². The Bertz CT molecular complexity index is 243. The second-order valence-corrected chi connectivity index (χ2v) is 2.66. The number of benzene rings is 1. The van der Waals surface area contributed by atoms with Crippen LogP contribution in [0.3, 0.4) is 0 Å². The van der Waals surface area contributed by atoms with Gasteiger partial charge in [-0.15, -0.1) is 0 Å². The van der Waals surface area contributed by atoms with E-state index in [0.29, 0.717) is 6.42 Å². The number of hydrogen-bond donors (Lipinski definition) is 1. The van der Waals surface area contributed by atoms with Crippen molar-refractivity contribution < 1.29 is 4.79 Å². The third-order valence-corrected chi connectivity index (χ3v) is 1.53. The van der Waals surface area contributed by atoms with Crippen LogP contribution in [0.5, 0.6) is 0 Å². The average molecular weight is 163 g/mol. The highest BCUT2D eigenvalue weighted by molar-refractivity contribution is 5.90. The number of amides is 1. The molecule has 2 nitrogen and oxygen atoms in total. The van der Waals surface area contributed by atoms with E-state index < -0.39 is 0 Å². The normalized spacial score (nSPS) is 9.42. The van der Waals surface area contributed by atoms with Gasteiger partial charge in [-0.25, -0.2) is 0 Å². The van der Waals surface area contributed by atoms with E-state index in [-0.39, 0.29) is 5.91 Å². The van der Waals surface area contributed by atoms with Crippen molar-refractivity contribution in [2.24, 2.45) is 0 Å². The minimum atomic E-state index is 0.0868. The summed E-state index contributed by atoms with van der Waals surface area (Å²) in [7, 11) is 0. The molecule has 0 saturated carbocycles. The number of nitrogens with one attached hydrogen (secondary N) is 1. The van der Waals surface area contributed by atoms with Gasteiger partial charge in [0, 0.05) is 12.1 Å². The topological polar surface area (TPSA) is 29.1 Å². The van der Waals surface area contributed by atoms with Crippen molar-refractivity contribution in [1.29, 1.82) is 0 Å². The molecule has 0 atom stereocenters. The van der Waals surface area contributed by atoms with Crippen molar-refractivity contribution in [2.75, 3.05) is 5.32 Å². The zero-order chi connectivity index (χ0) is 8.81. The molecule has 0 aromatic heterocycles. The van der Waals surface area contributed by atoms with Gasteiger partial charge in [0.25, 0.3) is 0 Å². The first-order valence-electron chi connectivity index (χ1n) is 4.18. The summed E-state index contributed by atoms with van der Waals surface area (Å²) in [6.45, 7) is 1.99. The lowest BCUT2D eigenvalue weighted by Gasteiger charge is -2.02. The van der Waals surface area contributed by atoms with Crippen LogP contribution in [0, 0.1) is 0 Å². The van der Waals surface area contributed by atoms with Gasteiger partial charge in [0.1, 0.15) is 0 Å². The predicted molar refractivity (Wildman–Crippen MR) is 50.0 cm³/mol. The first-order valence-corrected chi connectivity index (χ1v) is 4.18. The smallest absolute Gasteiger partial charge is 0.224 e. The maximum atomic E-state index is 11.1. The van der Waals surface area contributed by atoms with Crippen LogP contribution in [0.15, 0.2) is 30.3 Å². The Balaban J connectivity index is 2.47. The quantitative estimate of drug-likeness (QED) is 0.728. The van der Waals surface area contributed by atoms with Crippen molar-refractivity contribution in [1.82, 2.24) is 0 Å². The number of carbonyl (C=O) groups is 1. The first-order chi connectivity index (χ1) is 5.83. The molecular formula is C10H13NO. The molecule has 0 saturated heterocycles. The summed E-state index contributed by atoms with van der Waals surface area (Å²) in [5, 5.41) is 2.80. The van der Waals surface area contributed by atoms with Crippen LogP contribution < -0.4 is 5.32 Å². The van der Waals surface area contributed by atoms with Gasteiger partial charge < -0.3 is 5.32 Å². The minimum Gasteiger partial charge on any atom is -0.326 e. The average Bonchev–Trinajstić information content (AvgIpc) is 2.06. The van der Waals surface area contributed by atoms with Crippen LogP contribution in [-0.4, -0.2) is 5.91 Å². The third-order valence-electron chi connectivity index (χ3n) is 1.53. The fourth-order valence-electron chi connectivity index (χ4n) is 0.972. The number of rotatable bonds is 3. The maximum Gasteiger partial charge on any atom is 0.224 e. The lowest BCUT2D eigenvalue weighted by Crippen LogP contribution is -2.10. The maximum absolute atomic E-state index is 11.1. The molecule has 0 heterocycles. The molecule has 1 amide bonds. The summed E-state index contributed by atoms with van der Waals surface area (Å²) in [6.07, 6.45) is 1.48. The molecule has 0 bridgehead atoms. The molecule has 0 aliphatic carbocycles. The molecule has 64 valence electrons. The standard InChI is InChI=1S/C10H13NO/c1-2-6-10(12)11-9-7-4-3-5-8-9/h3-5,7-8H,2,6H2,1H3,(H,11,12). The Hall–Kier alpha value is -1.31. The van der Waals surface area contributed by atoms with Crippen LogP contribution in [0.25, 0.3) is 0 Å². The molecule has 0 unspecified atom stereocenters. The van der Waals surface area contributed by atoms with Crippen molar-refractivity contribution in [3.05, 3.63) is 30.3 Å². The summed E-state index contributed by atoms with van der Waals surface area (Å²) in [6, 6.07) is 9.50. The van der Waals surface area contributed by atoms with Crippen molar-refractivity contribution in [3.63, 3.8) is 0 Å². The Morgan fingerprint density at radius 1 is 1.33 bits per heavy atom. The summed E-state index contributed by atoms with van der Waals surface area (Å²) in [5.74, 6) is 0.0868. The van der Waals surface area contributed by atoms with Crippen molar-refractivity contribution >= 4 is 11.6 Å². The Kier molecular flexibility index (Phi) is 3.33. The molecule has 0 fully saturated rings. The van der Waals surface area contributed by atoms with Crippen LogP contribution in [0.1, 0.15) is 19.8 Å². The van der Waals surface area contributed by atoms with Crippen LogP contribution in [0.2, 0.25) is 0 Å². The van der Waals surface area contributed by atoms with Crippen LogP contribution in [0.4, 0.5) is 5.69 Å². The molecular weight excluding hydrogens is 150 g/mol. The summed E-state index contributed by atoms with van der Waals surface area (Å²) in [4.78, 5) is 11.1. The summed E-state index contributed by atoms with van der Waals surface area (Å²) < 4.78 is 0. The van der Waals surface area contributed by atoms with E-state index in [1.54, 1.807) is 0 Å². The number of carbonyl (C=O) groups excluding carboxylic acids is 1. The predicted octanol–water partition coefficient (Wildman–Crippen LogP) is 2.43. The third kappa shape index (κ3) is 2.74. The summed E-state index contributed by atoms with van der Waals surface area (Å²) in [5.41, 5.74) is 0.871. The van der Waals surface area contributed by atoms with Gasteiger partial charge in [-0.3, -0.25) is 4.79 Å². The van der Waals surface area contributed by atoms with Gasteiger partial charge in [0.2, 0.25) is 5.91 Å². The minimum absolute atomic E-state index is 0.0868. The molecule has 1 aromatic rings. The molecule has 2 heteroatoms. The molecule has 0 spiro atoms. The Morgan fingerprint density at radius 3 is 2.58 bits per heavy atom. The molecule has 1 aromatic carbocycles. The van der Waals surface area contributed by atoms with Gasteiger partial charge in [-0.2, -0.15) is 0 Å². The number of hydrogen-bond acceptors (Lipinski definition) is 1. The SMILES string of the molecule is CCCC(=O)Nc1ccccc1. The molecule has 12 heavy (non-hydrogen) atoms. The van der Waals surface area contributed by atoms with Crippen molar-refractivity contribution in [2.45, 2.75) is 19.8 Å². The van der Waals surface area contributed by atoms with E-state index in [4.69, 9.17) is 0 Å². The highest BCUT2D eigenvalue weighted by Crippen LogP contribution is 2.05. The van der Waals surface area contributed by atoms with Gasteiger partial charge in [0.15, 0.2) is 0 Å². The molecule has 0 aliphatic rings. The van der Waals surface area contributed by atoms with Crippen molar-refractivity contribution in [3.8, 4) is 0 Å². The molecule has 1 N–H and O–H groups in total. The van der Waals surface area contributed by atoms with Crippen LogP contribution >= 0.6 is 0 Å². The Morgan fingerprint density at radius 2 is 2.00 bits per heavy atom. The molecule has 0 aliphatic heterocycles. The van der Waals surface area contributed by atoms with E-state index >= 15 is 0 Å². The Labute approximate surface area is 72.6 Å². The van der Waals surface area contributed by atoms with Gasteiger partial charge in [0.05, 0.1) is 0 Å². The van der Waals surface area contributed by atoms with Gasteiger partial charge in [-0.1, -0.05) is 25.1 Å². The van der Waals surface area contributed by atoms with Crippen LogP contribution in [-0.2, 0) is 4.79 Å². The van der Waals surface area contributed by atoms with E-state index in [1.807, 2.05) is 37.3 Å². The highest BCUT2D eigenvalue weighted by atomic mass is 16.1. The van der Waals surface area contributed by atoms with Gasteiger partial charge >= 0.3 is 0 Å². The zero-order valence-electron chi connectivity index (χ0n) is 7.21. The van der Waals surface area contributed by atoms with E-state index in [9.17, 15) is 4.79 Å². The molecule has 0 radical (unpaired) electrons. The fraction of sp³-hybridized carbons (Fsp3) is 0.300. The zero-order valence-corrected chi connectivity index (χ0v) is 7.21. The number of anilines is 1. The lowest BCUT2D eigenvalue weighted by molar-refractivity contribution is -0.116. The monoisotopic (exact) mass is 163 g/mol. The fourth-order valence-corrected chi connectivity index (χ4v) is 0.972. The second kappa shape index (κ2) is 4.54. The van der Waals surface area contributed by atoms with E-state index in [2.05, 4.69) is 5.32 Å². The number of para-hydroxylation sites is 1. The largest absolute Gasteiger partial charge is 0.326 e. The highest BCUT2D eigenvalue weighted by Gasteiger charge is 1.97. The first kappa shape index (κ1) is 8.78. The van der Waals surface area contributed by atoms with Gasteiger partial charge in [-0.05, 0) is 18.6 Å².